The third kappa shape index (κ3) is 4.78. The van der Waals surface area contributed by atoms with Crippen molar-refractivity contribution in [1.29, 1.82) is 0 Å². The molecule has 2 rings (SSSR count). The van der Waals surface area contributed by atoms with Crippen molar-refractivity contribution in [2.45, 2.75) is 44.9 Å². The summed E-state index contributed by atoms with van der Waals surface area (Å²) in [6, 6.07) is 0. The van der Waals surface area contributed by atoms with E-state index in [0.29, 0.717) is 18.4 Å². The maximum absolute atomic E-state index is 12.3. The molecule has 5 nitrogen and oxygen atoms in total. The molecule has 1 amide bonds. The largest absolute Gasteiger partial charge is 0.481 e. The molecule has 20 heavy (non-hydrogen) atoms. The Labute approximate surface area is 120 Å². The lowest BCUT2D eigenvalue weighted by atomic mass is 10.0. The molecule has 1 aliphatic carbocycles. The van der Waals surface area contributed by atoms with Crippen LogP contribution >= 0.6 is 0 Å². The van der Waals surface area contributed by atoms with Gasteiger partial charge in [0.25, 0.3) is 0 Å². The molecule has 0 spiro atoms. The summed E-state index contributed by atoms with van der Waals surface area (Å²) in [6.45, 7) is 3.89. The van der Waals surface area contributed by atoms with Crippen LogP contribution in [-0.2, 0) is 9.59 Å². The van der Waals surface area contributed by atoms with Crippen molar-refractivity contribution in [3.8, 4) is 0 Å². The molecule has 1 heterocycles. The van der Waals surface area contributed by atoms with Crippen LogP contribution in [0.1, 0.15) is 44.9 Å². The van der Waals surface area contributed by atoms with Gasteiger partial charge in [-0.15, -0.1) is 0 Å². The smallest absolute Gasteiger partial charge is 0.304 e. The average molecular weight is 282 g/mol. The Hall–Kier alpha value is -1.10. The minimum atomic E-state index is -0.747. The number of hydrogen-bond acceptors (Lipinski definition) is 3. The van der Waals surface area contributed by atoms with Crippen LogP contribution in [0, 0.1) is 5.92 Å². The lowest BCUT2D eigenvalue weighted by Crippen LogP contribution is -2.36. The van der Waals surface area contributed by atoms with Crippen LogP contribution < -0.4 is 0 Å². The van der Waals surface area contributed by atoms with E-state index in [1.54, 1.807) is 0 Å². The summed E-state index contributed by atoms with van der Waals surface area (Å²) in [5, 5.41) is 8.72. The van der Waals surface area contributed by atoms with Crippen LogP contribution in [0.2, 0.25) is 0 Å². The highest BCUT2D eigenvalue weighted by molar-refractivity contribution is 5.76. The first-order valence-electron chi connectivity index (χ1n) is 7.87. The lowest BCUT2D eigenvalue weighted by Gasteiger charge is -2.23. The molecule has 0 aromatic rings. The summed E-state index contributed by atoms with van der Waals surface area (Å²) in [6.07, 6.45) is 6.84. The monoisotopic (exact) mass is 282 g/mol. The maximum atomic E-state index is 12.3. The van der Waals surface area contributed by atoms with Gasteiger partial charge in [-0.2, -0.15) is 0 Å². The van der Waals surface area contributed by atoms with Gasteiger partial charge in [0.15, 0.2) is 0 Å². The maximum Gasteiger partial charge on any atom is 0.304 e. The molecular formula is C15H26N2O3. The summed E-state index contributed by atoms with van der Waals surface area (Å²) in [7, 11) is 0. The minimum Gasteiger partial charge on any atom is -0.481 e. The van der Waals surface area contributed by atoms with E-state index < -0.39 is 5.97 Å². The fourth-order valence-electron chi connectivity index (χ4n) is 3.29. The first-order valence-corrected chi connectivity index (χ1v) is 7.87. The van der Waals surface area contributed by atoms with E-state index in [0.717, 1.165) is 39.0 Å². The van der Waals surface area contributed by atoms with E-state index in [2.05, 4.69) is 4.90 Å². The normalized spacial score (nSPS) is 21.9. The summed E-state index contributed by atoms with van der Waals surface area (Å²) >= 11 is 0. The molecule has 0 atom stereocenters. The Bertz CT molecular complexity index is 340. The molecule has 0 bridgehead atoms. The Kier molecular flexibility index (Phi) is 5.83. The van der Waals surface area contributed by atoms with Crippen LogP contribution in [0.4, 0.5) is 0 Å². The SMILES string of the molecule is O=C(O)CCN1CCCN(C(=O)CC2CCCC2)CC1. The molecule has 1 saturated carbocycles. The summed E-state index contributed by atoms with van der Waals surface area (Å²) in [5.74, 6) is 0.161. The fourth-order valence-corrected chi connectivity index (χ4v) is 3.29. The molecule has 0 radical (unpaired) electrons. The first kappa shape index (κ1) is 15.3. The molecule has 1 N–H and O–H groups in total. The van der Waals surface area contributed by atoms with Crippen LogP contribution in [0.3, 0.4) is 0 Å². The van der Waals surface area contributed by atoms with Crippen LogP contribution in [0.25, 0.3) is 0 Å². The topological polar surface area (TPSA) is 60.9 Å². The first-order chi connectivity index (χ1) is 9.65. The lowest BCUT2D eigenvalue weighted by molar-refractivity contribution is -0.137. The molecule has 114 valence electrons. The standard InChI is InChI=1S/C15H26N2O3/c18-14(12-13-4-1-2-5-13)17-8-3-7-16(10-11-17)9-6-15(19)20/h13H,1-12H2,(H,19,20). The van der Waals surface area contributed by atoms with Gasteiger partial charge in [-0.1, -0.05) is 12.8 Å². The number of rotatable bonds is 5. The molecule has 0 aromatic carbocycles. The summed E-state index contributed by atoms with van der Waals surface area (Å²) in [4.78, 5) is 27.0. The molecule has 0 aromatic heterocycles. The van der Waals surface area contributed by atoms with Gasteiger partial charge in [-0.25, -0.2) is 0 Å². The molecule has 2 aliphatic rings. The van der Waals surface area contributed by atoms with Crippen LogP contribution in [0.15, 0.2) is 0 Å². The second-order valence-corrected chi connectivity index (χ2v) is 6.07. The van der Waals surface area contributed by atoms with E-state index in [-0.39, 0.29) is 6.42 Å². The Morgan fingerprint density at radius 1 is 1.00 bits per heavy atom. The van der Waals surface area contributed by atoms with E-state index in [4.69, 9.17) is 5.11 Å². The van der Waals surface area contributed by atoms with Crippen LogP contribution in [0.5, 0.6) is 0 Å². The quantitative estimate of drug-likeness (QED) is 0.831. The van der Waals surface area contributed by atoms with Gasteiger partial charge in [-0.05, 0) is 31.7 Å². The van der Waals surface area contributed by atoms with Gasteiger partial charge in [0.2, 0.25) is 5.91 Å². The van der Waals surface area contributed by atoms with Crippen molar-refractivity contribution in [3.05, 3.63) is 0 Å². The molecule has 5 heteroatoms. The van der Waals surface area contributed by atoms with Gasteiger partial charge in [0.05, 0.1) is 6.42 Å². The predicted molar refractivity (Wildman–Crippen MR) is 76.5 cm³/mol. The Morgan fingerprint density at radius 3 is 2.45 bits per heavy atom. The number of carboxylic acid groups (broad SMARTS) is 1. The molecule has 1 saturated heterocycles. The van der Waals surface area contributed by atoms with Gasteiger partial charge in [0, 0.05) is 32.6 Å². The van der Waals surface area contributed by atoms with Crippen molar-refractivity contribution >= 4 is 11.9 Å². The second kappa shape index (κ2) is 7.62. The highest BCUT2D eigenvalue weighted by Crippen LogP contribution is 2.28. The Balaban J connectivity index is 1.73. The zero-order valence-corrected chi connectivity index (χ0v) is 12.2. The van der Waals surface area contributed by atoms with Gasteiger partial charge in [-0.3, -0.25) is 9.59 Å². The van der Waals surface area contributed by atoms with Crippen molar-refractivity contribution in [3.63, 3.8) is 0 Å². The van der Waals surface area contributed by atoms with Crippen molar-refractivity contribution in [1.82, 2.24) is 9.80 Å². The number of amides is 1. The summed E-state index contributed by atoms with van der Waals surface area (Å²) < 4.78 is 0. The number of hydrogen-bond donors (Lipinski definition) is 1. The zero-order chi connectivity index (χ0) is 14.4. The third-order valence-electron chi connectivity index (χ3n) is 4.52. The highest BCUT2D eigenvalue weighted by atomic mass is 16.4. The van der Waals surface area contributed by atoms with Gasteiger partial charge in [0.1, 0.15) is 0 Å². The molecule has 2 fully saturated rings. The number of nitrogens with zero attached hydrogens (tertiary/aromatic N) is 2. The number of carboxylic acids is 1. The van der Waals surface area contributed by atoms with Crippen molar-refractivity contribution in [2.75, 3.05) is 32.7 Å². The van der Waals surface area contributed by atoms with Gasteiger partial charge < -0.3 is 14.9 Å². The number of carbonyl (C=O) groups is 2. The minimum absolute atomic E-state index is 0.190. The highest BCUT2D eigenvalue weighted by Gasteiger charge is 2.23. The number of carbonyl (C=O) groups excluding carboxylic acids is 1. The van der Waals surface area contributed by atoms with Crippen molar-refractivity contribution in [2.24, 2.45) is 5.92 Å². The van der Waals surface area contributed by atoms with Gasteiger partial charge >= 0.3 is 5.97 Å². The predicted octanol–water partition coefficient (Wildman–Crippen LogP) is 1.58. The Morgan fingerprint density at radius 2 is 1.75 bits per heavy atom. The zero-order valence-electron chi connectivity index (χ0n) is 12.2. The van der Waals surface area contributed by atoms with E-state index >= 15 is 0 Å². The fraction of sp³-hybridized carbons (Fsp3) is 0.867. The van der Waals surface area contributed by atoms with Crippen molar-refractivity contribution < 1.29 is 14.7 Å². The average Bonchev–Trinajstić information content (AvgIpc) is 2.79. The van der Waals surface area contributed by atoms with Crippen LogP contribution in [-0.4, -0.2) is 59.5 Å². The molecule has 1 aliphatic heterocycles. The second-order valence-electron chi connectivity index (χ2n) is 6.07. The number of aliphatic carboxylic acids is 1. The van der Waals surface area contributed by atoms with E-state index in [1.807, 2.05) is 4.90 Å². The third-order valence-corrected chi connectivity index (χ3v) is 4.52. The molecule has 0 unspecified atom stereocenters. The van der Waals surface area contributed by atoms with E-state index in [1.165, 1.54) is 25.7 Å². The van der Waals surface area contributed by atoms with E-state index in [9.17, 15) is 9.59 Å². The summed E-state index contributed by atoms with van der Waals surface area (Å²) in [5.41, 5.74) is 0. The molecular weight excluding hydrogens is 256 g/mol.